The number of hydrogen-bond donors (Lipinski definition) is 2. The maximum atomic E-state index is 11.4. The average Bonchev–Trinajstić information content (AvgIpc) is 3.07. The number of aliphatic imine (C=N–C) groups is 1. The lowest BCUT2D eigenvalue weighted by Crippen LogP contribution is -2.50. The second-order valence-electron chi connectivity index (χ2n) is 7.57. The number of oxazole rings is 1. The lowest BCUT2D eigenvalue weighted by atomic mass is 9.94. The zero-order valence-corrected chi connectivity index (χ0v) is 19.4. The van der Waals surface area contributed by atoms with Crippen LogP contribution >= 0.6 is 24.0 Å². The van der Waals surface area contributed by atoms with Crippen molar-refractivity contribution in [3.63, 3.8) is 0 Å². The van der Waals surface area contributed by atoms with E-state index in [1.54, 1.807) is 20.2 Å². The molecule has 1 fully saturated rings. The van der Waals surface area contributed by atoms with Gasteiger partial charge in [0, 0.05) is 58.7 Å². The maximum Gasteiger partial charge on any atom is 0.219 e. The Morgan fingerprint density at radius 1 is 1.26 bits per heavy atom. The second kappa shape index (κ2) is 10.8. The highest BCUT2D eigenvalue weighted by atomic mass is 127. The molecule has 0 saturated carbocycles. The fraction of sp³-hybridized carbons (Fsp3) is 0.722. The quantitative estimate of drug-likeness (QED) is 0.368. The van der Waals surface area contributed by atoms with Gasteiger partial charge in [0.1, 0.15) is 5.76 Å². The number of carbonyl (C=O) groups is 1. The summed E-state index contributed by atoms with van der Waals surface area (Å²) in [5.74, 6) is 2.41. The molecule has 1 aromatic rings. The van der Waals surface area contributed by atoms with Crippen molar-refractivity contribution in [1.29, 1.82) is 0 Å². The van der Waals surface area contributed by atoms with E-state index in [1.165, 1.54) is 0 Å². The summed E-state index contributed by atoms with van der Waals surface area (Å²) in [6, 6.07) is 0. The maximum absolute atomic E-state index is 11.4. The molecule has 0 bridgehead atoms. The molecule has 1 aliphatic heterocycles. The molecule has 0 unspecified atom stereocenters. The Labute approximate surface area is 179 Å². The van der Waals surface area contributed by atoms with E-state index in [0.29, 0.717) is 12.4 Å². The van der Waals surface area contributed by atoms with E-state index < -0.39 is 0 Å². The van der Waals surface area contributed by atoms with E-state index in [2.05, 4.69) is 46.3 Å². The summed E-state index contributed by atoms with van der Waals surface area (Å²) in [5, 5.41) is 6.53. The van der Waals surface area contributed by atoms with Gasteiger partial charge in [-0.25, -0.2) is 4.98 Å². The third kappa shape index (κ3) is 7.65. The number of piperazine rings is 1. The summed E-state index contributed by atoms with van der Waals surface area (Å²) in [7, 11) is 1.75. The summed E-state index contributed by atoms with van der Waals surface area (Å²) in [4.78, 5) is 24.1. The first-order valence-corrected chi connectivity index (χ1v) is 9.17. The van der Waals surface area contributed by atoms with Crippen molar-refractivity contribution in [2.45, 2.75) is 39.7 Å². The van der Waals surface area contributed by atoms with Crippen LogP contribution in [0.5, 0.6) is 0 Å². The number of nitrogens with zero attached hydrogens (tertiary/aromatic N) is 4. The van der Waals surface area contributed by atoms with Gasteiger partial charge in [0.05, 0.1) is 12.7 Å². The highest BCUT2D eigenvalue weighted by molar-refractivity contribution is 14.0. The normalized spacial score (nSPS) is 16.0. The monoisotopic (exact) mass is 492 g/mol. The molecule has 27 heavy (non-hydrogen) atoms. The van der Waals surface area contributed by atoms with Crippen LogP contribution in [0, 0.1) is 0 Å². The Morgan fingerprint density at radius 2 is 1.93 bits per heavy atom. The third-order valence-electron chi connectivity index (χ3n) is 4.46. The van der Waals surface area contributed by atoms with Crippen LogP contribution in [0.3, 0.4) is 0 Å². The van der Waals surface area contributed by atoms with Crippen LogP contribution < -0.4 is 10.6 Å². The molecule has 1 aliphatic rings. The first kappa shape index (κ1) is 23.7. The van der Waals surface area contributed by atoms with Crippen LogP contribution in [0.15, 0.2) is 15.6 Å². The fourth-order valence-corrected chi connectivity index (χ4v) is 2.74. The van der Waals surface area contributed by atoms with E-state index in [9.17, 15) is 4.79 Å². The molecule has 0 atom stereocenters. The summed E-state index contributed by atoms with van der Waals surface area (Å²) < 4.78 is 5.78. The fourth-order valence-electron chi connectivity index (χ4n) is 2.74. The number of guanidine groups is 1. The van der Waals surface area contributed by atoms with Crippen LogP contribution in [0.1, 0.15) is 39.3 Å². The van der Waals surface area contributed by atoms with Crippen molar-refractivity contribution >= 4 is 35.8 Å². The summed E-state index contributed by atoms with van der Waals surface area (Å²) in [6.45, 7) is 13.6. The van der Waals surface area contributed by atoms with Gasteiger partial charge in [0.2, 0.25) is 11.8 Å². The lowest BCUT2D eigenvalue weighted by Gasteiger charge is -2.34. The van der Waals surface area contributed by atoms with E-state index in [1.807, 2.05) is 4.90 Å². The second-order valence-corrected chi connectivity index (χ2v) is 7.57. The Balaban J connectivity index is 0.00000364. The van der Waals surface area contributed by atoms with Crippen molar-refractivity contribution in [2.24, 2.45) is 4.99 Å². The number of hydrogen-bond acceptors (Lipinski definition) is 5. The first-order valence-electron chi connectivity index (χ1n) is 9.17. The van der Waals surface area contributed by atoms with E-state index in [-0.39, 0.29) is 35.3 Å². The van der Waals surface area contributed by atoms with E-state index in [0.717, 1.165) is 51.0 Å². The predicted molar refractivity (Wildman–Crippen MR) is 118 cm³/mol. The van der Waals surface area contributed by atoms with Gasteiger partial charge in [-0.3, -0.25) is 14.7 Å². The standard InChI is InChI=1S/C18H32N6O2.HI/c1-14(25)24-10-8-23(9-11-24)7-6-20-17(19-5)22-13-16-21-12-15(26-16)18(2,3)4;/h12H,6-11,13H2,1-5H3,(H2,19,20,22);1H. The number of nitrogens with one attached hydrogen (secondary N) is 2. The van der Waals surface area contributed by atoms with Crippen LogP contribution in [0.4, 0.5) is 0 Å². The van der Waals surface area contributed by atoms with Gasteiger partial charge in [-0.1, -0.05) is 20.8 Å². The molecular formula is C18H33IN6O2. The Kier molecular flexibility index (Phi) is 9.51. The van der Waals surface area contributed by atoms with Gasteiger partial charge in [0.25, 0.3) is 0 Å². The van der Waals surface area contributed by atoms with Crippen molar-refractivity contribution in [1.82, 2.24) is 25.4 Å². The SMILES string of the molecule is CN=C(NCCN1CCN(C(C)=O)CC1)NCc1ncc(C(C)(C)C)o1.I. The van der Waals surface area contributed by atoms with Gasteiger partial charge in [-0.2, -0.15) is 0 Å². The van der Waals surface area contributed by atoms with Gasteiger partial charge in [-0.05, 0) is 0 Å². The molecule has 1 amide bonds. The van der Waals surface area contributed by atoms with Crippen molar-refractivity contribution in [3.05, 3.63) is 17.8 Å². The Hall–Kier alpha value is -1.36. The van der Waals surface area contributed by atoms with Gasteiger partial charge in [0.15, 0.2) is 5.96 Å². The highest BCUT2D eigenvalue weighted by Crippen LogP contribution is 2.22. The van der Waals surface area contributed by atoms with Gasteiger partial charge < -0.3 is 20.0 Å². The number of halogens is 1. The molecular weight excluding hydrogens is 459 g/mol. The molecule has 2 N–H and O–H groups in total. The zero-order chi connectivity index (χ0) is 19.2. The molecule has 9 heteroatoms. The number of rotatable bonds is 5. The molecule has 1 aromatic heterocycles. The van der Waals surface area contributed by atoms with Crippen molar-refractivity contribution in [2.75, 3.05) is 46.3 Å². The molecule has 8 nitrogen and oxygen atoms in total. The molecule has 0 aliphatic carbocycles. The minimum absolute atomic E-state index is 0. The minimum Gasteiger partial charge on any atom is -0.443 e. The summed E-state index contributed by atoms with van der Waals surface area (Å²) in [5.41, 5.74) is -0.0441. The Bertz CT molecular complexity index is 618. The number of amides is 1. The topological polar surface area (TPSA) is 86.0 Å². The number of carbonyl (C=O) groups excluding carboxylic acids is 1. The van der Waals surface area contributed by atoms with Crippen LogP contribution in [0.2, 0.25) is 0 Å². The molecule has 2 rings (SSSR count). The van der Waals surface area contributed by atoms with E-state index in [4.69, 9.17) is 4.42 Å². The molecule has 0 aromatic carbocycles. The smallest absolute Gasteiger partial charge is 0.219 e. The minimum atomic E-state index is -0.0441. The Morgan fingerprint density at radius 3 is 2.44 bits per heavy atom. The van der Waals surface area contributed by atoms with Crippen LogP contribution in [-0.4, -0.2) is 73.0 Å². The van der Waals surface area contributed by atoms with Gasteiger partial charge in [-0.15, -0.1) is 24.0 Å². The summed E-state index contributed by atoms with van der Waals surface area (Å²) >= 11 is 0. The van der Waals surface area contributed by atoms with Crippen LogP contribution in [0.25, 0.3) is 0 Å². The molecule has 154 valence electrons. The molecule has 0 spiro atoms. The molecule has 2 heterocycles. The van der Waals surface area contributed by atoms with Crippen molar-refractivity contribution < 1.29 is 9.21 Å². The third-order valence-corrected chi connectivity index (χ3v) is 4.46. The van der Waals surface area contributed by atoms with Crippen LogP contribution in [-0.2, 0) is 16.8 Å². The van der Waals surface area contributed by atoms with E-state index >= 15 is 0 Å². The first-order chi connectivity index (χ1) is 12.3. The lowest BCUT2D eigenvalue weighted by molar-refractivity contribution is -0.130. The van der Waals surface area contributed by atoms with Crippen molar-refractivity contribution in [3.8, 4) is 0 Å². The average molecular weight is 492 g/mol. The summed E-state index contributed by atoms with van der Waals surface area (Å²) in [6.07, 6.45) is 1.79. The molecule has 0 radical (unpaired) electrons. The number of aromatic nitrogens is 1. The largest absolute Gasteiger partial charge is 0.443 e. The van der Waals surface area contributed by atoms with Gasteiger partial charge >= 0.3 is 0 Å². The highest BCUT2D eigenvalue weighted by Gasteiger charge is 2.19. The predicted octanol–water partition coefficient (Wildman–Crippen LogP) is 1.42. The zero-order valence-electron chi connectivity index (χ0n) is 17.0. The molecule has 1 saturated heterocycles.